The third-order valence-corrected chi connectivity index (χ3v) is 5.37. The minimum absolute atomic E-state index is 0.0602. The molecule has 1 heterocycles. The maximum atomic E-state index is 12.6. The maximum absolute atomic E-state index is 12.6. The SMILES string of the molecule is Cc1cc(C)c(NC(=O)[C@@H](C)OC(=O)Cc2c(C)nn(-c3ccccc3)c2C)c(C)c1. The van der Waals surface area contributed by atoms with Crippen molar-refractivity contribution in [3.63, 3.8) is 0 Å². The van der Waals surface area contributed by atoms with Crippen LogP contribution in [-0.2, 0) is 20.7 Å². The average Bonchev–Trinajstić information content (AvgIpc) is 2.99. The van der Waals surface area contributed by atoms with Gasteiger partial charge in [0.15, 0.2) is 6.10 Å². The minimum Gasteiger partial charge on any atom is -0.452 e. The minimum atomic E-state index is -0.905. The highest BCUT2D eigenvalue weighted by Crippen LogP contribution is 2.23. The first-order valence-electron chi connectivity index (χ1n) is 10.4. The van der Waals surface area contributed by atoms with Gasteiger partial charge in [0.25, 0.3) is 5.91 Å². The lowest BCUT2D eigenvalue weighted by Gasteiger charge is -2.17. The Hall–Kier alpha value is -3.41. The van der Waals surface area contributed by atoms with Crippen molar-refractivity contribution >= 4 is 17.6 Å². The van der Waals surface area contributed by atoms with E-state index in [0.29, 0.717) is 0 Å². The molecule has 0 bridgehead atoms. The maximum Gasteiger partial charge on any atom is 0.311 e. The number of anilines is 1. The van der Waals surface area contributed by atoms with Gasteiger partial charge in [-0.15, -0.1) is 0 Å². The Morgan fingerprint density at radius 2 is 1.65 bits per heavy atom. The average molecular weight is 420 g/mol. The number of nitrogens with zero attached hydrogens (tertiary/aromatic N) is 2. The van der Waals surface area contributed by atoms with Crippen LogP contribution in [0.2, 0.25) is 0 Å². The predicted octanol–water partition coefficient (Wildman–Crippen LogP) is 4.53. The lowest BCUT2D eigenvalue weighted by Crippen LogP contribution is -2.31. The number of para-hydroxylation sites is 1. The van der Waals surface area contributed by atoms with E-state index in [9.17, 15) is 9.59 Å². The molecule has 0 unspecified atom stereocenters. The first-order valence-corrected chi connectivity index (χ1v) is 10.4. The number of aromatic nitrogens is 2. The van der Waals surface area contributed by atoms with Gasteiger partial charge in [0.1, 0.15) is 0 Å². The van der Waals surface area contributed by atoms with Crippen LogP contribution in [0.1, 0.15) is 40.6 Å². The van der Waals surface area contributed by atoms with Gasteiger partial charge in [-0.25, -0.2) is 4.68 Å². The fourth-order valence-corrected chi connectivity index (χ4v) is 3.79. The fraction of sp³-hybridized carbons (Fsp3) is 0.320. The summed E-state index contributed by atoms with van der Waals surface area (Å²) in [6.07, 6.45) is -0.845. The topological polar surface area (TPSA) is 73.2 Å². The van der Waals surface area contributed by atoms with E-state index in [2.05, 4.69) is 10.4 Å². The molecule has 6 nitrogen and oxygen atoms in total. The highest BCUT2D eigenvalue weighted by Gasteiger charge is 2.22. The molecular formula is C25H29N3O3. The molecule has 31 heavy (non-hydrogen) atoms. The quantitative estimate of drug-likeness (QED) is 0.596. The fourth-order valence-electron chi connectivity index (χ4n) is 3.79. The zero-order valence-electron chi connectivity index (χ0n) is 18.9. The number of rotatable bonds is 6. The van der Waals surface area contributed by atoms with Gasteiger partial charge in [0.2, 0.25) is 0 Å². The van der Waals surface area contributed by atoms with Crippen LogP contribution in [-0.4, -0.2) is 27.8 Å². The number of amides is 1. The monoisotopic (exact) mass is 419 g/mol. The number of carbonyl (C=O) groups is 2. The van der Waals surface area contributed by atoms with Crippen LogP contribution in [0.15, 0.2) is 42.5 Å². The van der Waals surface area contributed by atoms with Gasteiger partial charge in [-0.3, -0.25) is 9.59 Å². The molecule has 1 atom stereocenters. The van der Waals surface area contributed by atoms with Gasteiger partial charge in [-0.2, -0.15) is 5.10 Å². The van der Waals surface area contributed by atoms with E-state index in [1.54, 1.807) is 6.92 Å². The van der Waals surface area contributed by atoms with E-state index >= 15 is 0 Å². The third kappa shape index (κ3) is 5.02. The summed E-state index contributed by atoms with van der Waals surface area (Å²) in [5, 5.41) is 7.45. The summed E-state index contributed by atoms with van der Waals surface area (Å²) in [6, 6.07) is 13.8. The van der Waals surface area contributed by atoms with E-state index in [-0.39, 0.29) is 12.3 Å². The highest BCUT2D eigenvalue weighted by atomic mass is 16.5. The lowest BCUT2D eigenvalue weighted by atomic mass is 10.0. The van der Waals surface area contributed by atoms with E-state index in [4.69, 9.17) is 4.74 Å². The molecular weight excluding hydrogens is 390 g/mol. The molecule has 6 heteroatoms. The molecule has 3 aromatic rings. The van der Waals surface area contributed by atoms with Gasteiger partial charge in [0, 0.05) is 16.9 Å². The summed E-state index contributed by atoms with van der Waals surface area (Å²) in [5.41, 5.74) is 7.23. The number of esters is 1. The molecule has 0 radical (unpaired) electrons. The van der Waals surface area contributed by atoms with E-state index < -0.39 is 12.1 Å². The summed E-state index contributed by atoms with van der Waals surface area (Å²) < 4.78 is 7.25. The summed E-state index contributed by atoms with van der Waals surface area (Å²) in [7, 11) is 0. The second-order valence-electron chi connectivity index (χ2n) is 7.97. The molecule has 0 aliphatic heterocycles. The Balaban J connectivity index is 1.67. The van der Waals surface area contributed by atoms with Crippen LogP contribution in [0.4, 0.5) is 5.69 Å². The zero-order chi connectivity index (χ0) is 22.7. The number of hydrogen-bond donors (Lipinski definition) is 1. The molecule has 0 aliphatic rings. The van der Waals surface area contributed by atoms with Crippen molar-refractivity contribution in [3.8, 4) is 5.69 Å². The summed E-state index contributed by atoms with van der Waals surface area (Å²) >= 11 is 0. The van der Waals surface area contributed by atoms with Gasteiger partial charge in [-0.05, 0) is 64.8 Å². The van der Waals surface area contributed by atoms with Crippen LogP contribution >= 0.6 is 0 Å². The van der Waals surface area contributed by atoms with Crippen LogP contribution in [0.25, 0.3) is 5.69 Å². The van der Waals surface area contributed by atoms with Crippen LogP contribution in [0.3, 0.4) is 0 Å². The van der Waals surface area contributed by atoms with Crippen LogP contribution < -0.4 is 5.32 Å². The molecule has 1 N–H and O–H groups in total. The number of carbonyl (C=O) groups excluding carboxylic acids is 2. The van der Waals surface area contributed by atoms with Gasteiger partial charge >= 0.3 is 5.97 Å². The number of aryl methyl sites for hydroxylation is 4. The second-order valence-corrected chi connectivity index (χ2v) is 7.97. The molecule has 0 saturated heterocycles. The first-order chi connectivity index (χ1) is 14.7. The van der Waals surface area contributed by atoms with Crippen molar-refractivity contribution in [3.05, 3.63) is 76.1 Å². The van der Waals surface area contributed by atoms with E-state index in [1.165, 1.54) is 0 Å². The van der Waals surface area contributed by atoms with E-state index in [0.717, 1.165) is 45.0 Å². The number of ether oxygens (including phenoxy) is 1. The van der Waals surface area contributed by atoms with Crippen LogP contribution in [0.5, 0.6) is 0 Å². The molecule has 0 saturated carbocycles. The normalized spacial score (nSPS) is 11.8. The standard InChI is InChI=1S/C25H29N3O3/c1-15-12-16(2)24(17(3)13-15)26-25(30)20(6)31-23(29)14-22-18(4)27-28(19(22)5)21-10-8-7-9-11-21/h7-13,20H,14H2,1-6H3,(H,26,30)/t20-/m1/s1. The Kier molecular flexibility index (Phi) is 6.59. The van der Waals surface area contributed by atoms with Gasteiger partial charge in [-0.1, -0.05) is 35.9 Å². The Morgan fingerprint density at radius 1 is 1.03 bits per heavy atom. The van der Waals surface area contributed by atoms with Crippen LogP contribution in [0, 0.1) is 34.6 Å². The molecule has 162 valence electrons. The molecule has 0 spiro atoms. The van der Waals surface area contributed by atoms with Crippen molar-refractivity contribution in [2.45, 2.75) is 54.1 Å². The molecule has 2 aromatic carbocycles. The Labute approximate surface area is 183 Å². The third-order valence-electron chi connectivity index (χ3n) is 5.37. The zero-order valence-corrected chi connectivity index (χ0v) is 18.9. The number of benzene rings is 2. The van der Waals surface area contributed by atoms with Gasteiger partial charge in [0.05, 0.1) is 17.8 Å². The molecule has 0 aliphatic carbocycles. The predicted molar refractivity (Wildman–Crippen MR) is 122 cm³/mol. The summed E-state index contributed by atoms with van der Waals surface area (Å²) in [6.45, 7) is 11.3. The largest absolute Gasteiger partial charge is 0.452 e. The van der Waals surface area contributed by atoms with Crippen molar-refractivity contribution in [2.24, 2.45) is 0 Å². The summed E-state index contributed by atoms with van der Waals surface area (Å²) in [4.78, 5) is 25.2. The number of hydrogen-bond acceptors (Lipinski definition) is 4. The van der Waals surface area contributed by atoms with Gasteiger partial charge < -0.3 is 10.1 Å². The Bertz CT molecular complexity index is 1090. The lowest BCUT2D eigenvalue weighted by molar-refractivity contribution is -0.152. The van der Waals surface area contributed by atoms with Crippen molar-refractivity contribution in [1.29, 1.82) is 0 Å². The number of nitrogens with one attached hydrogen (secondary N) is 1. The first kappa shape index (κ1) is 22.3. The highest BCUT2D eigenvalue weighted by molar-refractivity contribution is 5.96. The van der Waals surface area contributed by atoms with Crippen molar-refractivity contribution in [1.82, 2.24) is 9.78 Å². The Morgan fingerprint density at radius 3 is 2.26 bits per heavy atom. The van der Waals surface area contributed by atoms with E-state index in [1.807, 2.05) is 81.8 Å². The van der Waals surface area contributed by atoms with Crippen molar-refractivity contribution in [2.75, 3.05) is 5.32 Å². The summed E-state index contributed by atoms with van der Waals surface area (Å²) in [5.74, 6) is -0.810. The molecule has 3 rings (SSSR count). The van der Waals surface area contributed by atoms with Crippen molar-refractivity contribution < 1.29 is 14.3 Å². The molecule has 0 fully saturated rings. The second kappa shape index (κ2) is 9.16. The molecule has 1 amide bonds. The molecule has 1 aromatic heterocycles. The smallest absolute Gasteiger partial charge is 0.311 e.